The normalized spacial score (nSPS) is 19.0. The summed E-state index contributed by atoms with van der Waals surface area (Å²) in [6.07, 6.45) is 2.82. The van der Waals surface area contributed by atoms with E-state index in [2.05, 4.69) is 27.1 Å². The van der Waals surface area contributed by atoms with Crippen LogP contribution in [0, 0.1) is 0 Å². The summed E-state index contributed by atoms with van der Waals surface area (Å²) in [6, 6.07) is 25.9. The van der Waals surface area contributed by atoms with E-state index in [1.807, 2.05) is 66.7 Å². The van der Waals surface area contributed by atoms with Gasteiger partial charge in [-0.3, -0.25) is 9.36 Å². The van der Waals surface area contributed by atoms with Crippen molar-refractivity contribution in [3.63, 3.8) is 0 Å². The molecule has 210 valence electrons. The predicted octanol–water partition coefficient (Wildman–Crippen LogP) is 4.73. The standard InChI is InChI=1S/C31H30N4O5S/c1-37-23-12-8-21(9-13-23)31(20-6-4-3-5-7-20,22-10-14-24(38-2)15-11-22)39-17-25-26(41)16-27(40-25)35-19-34-28-29(35)32-18-33-30(28)36/h3-15,18-19,25-27,41H,16-17H2,1-2H3,(H,32,33,36). The Morgan fingerprint density at radius 3 is 2.15 bits per heavy atom. The summed E-state index contributed by atoms with van der Waals surface area (Å²) in [4.78, 5) is 23.3. The lowest BCUT2D eigenvalue weighted by atomic mass is 9.80. The van der Waals surface area contributed by atoms with Crippen LogP contribution in [0.15, 0.2) is 96.3 Å². The number of methoxy groups -OCH3 is 2. The van der Waals surface area contributed by atoms with Crippen molar-refractivity contribution >= 4 is 23.8 Å². The number of H-pyrrole nitrogens is 1. The molecule has 1 saturated heterocycles. The van der Waals surface area contributed by atoms with Crippen molar-refractivity contribution < 1.29 is 18.9 Å². The number of ether oxygens (including phenoxy) is 4. The maximum Gasteiger partial charge on any atom is 0.278 e. The summed E-state index contributed by atoms with van der Waals surface area (Å²) < 4.78 is 26.1. The zero-order valence-electron chi connectivity index (χ0n) is 22.6. The molecule has 1 aliphatic heterocycles. The molecule has 0 saturated carbocycles. The van der Waals surface area contributed by atoms with Gasteiger partial charge in [-0.25, -0.2) is 9.97 Å². The second-order valence-electron chi connectivity index (χ2n) is 9.80. The van der Waals surface area contributed by atoms with Crippen molar-refractivity contribution in [3.05, 3.63) is 119 Å². The Labute approximate surface area is 242 Å². The molecule has 3 unspecified atom stereocenters. The fourth-order valence-corrected chi connectivity index (χ4v) is 5.73. The summed E-state index contributed by atoms with van der Waals surface area (Å²) >= 11 is 4.88. The SMILES string of the molecule is COc1ccc(C(OCC2OC(n3cnc4c(=O)[nH]cnc43)CC2S)(c2ccccc2)c2ccc(OC)cc2)cc1. The number of nitrogens with one attached hydrogen (secondary N) is 1. The molecule has 6 rings (SSSR count). The molecule has 1 aliphatic rings. The van der Waals surface area contributed by atoms with Gasteiger partial charge in [0.1, 0.15) is 23.3 Å². The van der Waals surface area contributed by atoms with Gasteiger partial charge in [-0.1, -0.05) is 54.6 Å². The third kappa shape index (κ3) is 4.99. The first-order chi connectivity index (χ1) is 20.0. The van der Waals surface area contributed by atoms with Gasteiger partial charge in [0.15, 0.2) is 11.2 Å². The molecule has 3 heterocycles. The summed E-state index contributed by atoms with van der Waals surface area (Å²) in [5, 5.41) is -0.125. The number of nitrogens with zero attached hydrogens (tertiary/aromatic N) is 3. The molecule has 1 N–H and O–H groups in total. The highest BCUT2D eigenvalue weighted by molar-refractivity contribution is 7.81. The first-order valence-corrected chi connectivity index (χ1v) is 13.8. The van der Waals surface area contributed by atoms with Crippen molar-refractivity contribution in [3.8, 4) is 11.5 Å². The monoisotopic (exact) mass is 570 g/mol. The van der Waals surface area contributed by atoms with E-state index in [1.165, 1.54) is 6.33 Å². The lowest BCUT2D eigenvalue weighted by Crippen LogP contribution is -2.37. The van der Waals surface area contributed by atoms with E-state index in [4.69, 9.17) is 31.6 Å². The first kappa shape index (κ1) is 27.1. The van der Waals surface area contributed by atoms with Gasteiger partial charge in [0.2, 0.25) is 0 Å². The zero-order chi connectivity index (χ0) is 28.4. The lowest BCUT2D eigenvalue weighted by molar-refractivity contribution is -0.0746. The molecule has 0 radical (unpaired) electrons. The molecule has 2 aromatic heterocycles. The van der Waals surface area contributed by atoms with Crippen LogP contribution in [0.4, 0.5) is 0 Å². The highest BCUT2D eigenvalue weighted by atomic mass is 32.1. The quantitative estimate of drug-likeness (QED) is 0.195. The topological polar surface area (TPSA) is 100 Å². The number of hydrogen-bond acceptors (Lipinski definition) is 8. The van der Waals surface area contributed by atoms with Crippen molar-refractivity contribution in [2.75, 3.05) is 20.8 Å². The van der Waals surface area contributed by atoms with Gasteiger partial charge >= 0.3 is 0 Å². The van der Waals surface area contributed by atoms with Crippen LogP contribution in [0.1, 0.15) is 29.3 Å². The van der Waals surface area contributed by atoms with Crippen LogP contribution in [0.25, 0.3) is 11.2 Å². The average Bonchev–Trinajstić information content (AvgIpc) is 3.62. The van der Waals surface area contributed by atoms with Crippen LogP contribution in [0.5, 0.6) is 11.5 Å². The number of aromatic amines is 1. The molecule has 0 spiro atoms. The molecule has 3 atom stereocenters. The number of fused-ring (bicyclic) bond motifs is 1. The number of hydrogen-bond donors (Lipinski definition) is 2. The van der Waals surface area contributed by atoms with Crippen molar-refractivity contribution in [1.29, 1.82) is 0 Å². The van der Waals surface area contributed by atoms with Crippen LogP contribution in [0.3, 0.4) is 0 Å². The Morgan fingerprint density at radius 1 is 0.927 bits per heavy atom. The Kier molecular flexibility index (Phi) is 7.53. The van der Waals surface area contributed by atoms with Crippen molar-refractivity contribution in [1.82, 2.24) is 19.5 Å². The molecule has 5 aromatic rings. The largest absolute Gasteiger partial charge is 0.497 e. The van der Waals surface area contributed by atoms with E-state index in [0.717, 1.165) is 28.2 Å². The maximum absolute atomic E-state index is 12.2. The predicted molar refractivity (Wildman–Crippen MR) is 158 cm³/mol. The van der Waals surface area contributed by atoms with Gasteiger partial charge < -0.3 is 23.9 Å². The lowest BCUT2D eigenvalue weighted by Gasteiger charge is -2.37. The van der Waals surface area contributed by atoms with Crippen molar-refractivity contribution in [2.45, 2.75) is 29.6 Å². The van der Waals surface area contributed by atoms with E-state index < -0.39 is 11.8 Å². The zero-order valence-corrected chi connectivity index (χ0v) is 23.5. The Balaban J connectivity index is 1.37. The highest BCUT2D eigenvalue weighted by Crippen LogP contribution is 2.43. The van der Waals surface area contributed by atoms with Gasteiger partial charge in [-0.15, -0.1) is 0 Å². The summed E-state index contributed by atoms with van der Waals surface area (Å²) in [5.74, 6) is 1.51. The molecule has 9 nitrogen and oxygen atoms in total. The van der Waals surface area contributed by atoms with Gasteiger partial charge in [-0.2, -0.15) is 12.6 Å². The Hall–Kier alpha value is -4.12. The number of benzene rings is 3. The number of imidazole rings is 1. The molecule has 0 aliphatic carbocycles. The van der Waals surface area contributed by atoms with Gasteiger partial charge in [0.25, 0.3) is 5.56 Å². The van der Waals surface area contributed by atoms with Crippen LogP contribution in [-0.4, -0.2) is 51.7 Å². The van der Waals surface area contributed by atoms with Crippen LogP contribution in [-0.2, 0) is 15.1 Å². The Morgan fingerprint density at radius 2 is 1.54 bits per heavy atom. The Bertz CT molecular complexity index is 1620. The van der Waals surface area contributed by atoms with Crippen LogP contribution in [0.2, 0.25) is 0 Å². The summed E-state index contributed by atoms with van der Waals surface area (Å²) in [6.45, 7) is 0.248. The molecule has 3 aromatic carbocycles. The number of rotatable bonds is 9. The highest BCUT2D eigenvalue weighted by Gasteiger charge is 2.41. The van der Waals surface area contributed by atoms with Crippen molar-refractivity contribution in [2.24, 2.45) is 0 Å². The summed E-state index contributed by atoms with van der Waals surface area (Å²) in [7, 11) is 3.30. The van der Waals surface area contributed by atoms with Gasteiger partial charge in [-0.05, 0) is 41.0 Å². The van der Waals surface area contributed by atoms with E-state index in [-0.39, 0.29) is 29.0 Å². The second-order valence-corrected chi connectivity index (χ2v) is 10.5. The number of thiol groups is 1. The number of aromatic nitrogens is 4. The molecular formula is C31H30N4O5S. The fraction of sp³-hybridized carbons (Fsp3) is 0.258. The molecule has 1 fully saturated rings. The third-order valence-corrected chi connectivity index (χ3v) is 8.06. The van der Waals surface area contributed by atoms with Crippen LogP contribution >= 0.6 is 12.6 Å². The van der Waals surface area contributed by atoms with E-state index in [9.17, 15) is 4.79 Å². The van der Waals surface area contributed by atoms with Gasteiger partial charge in [0.05, 0.1) is 39.6 Å². The van der Waals surface area contributed by atoms with Crippen LogP contribution < -0.4 is 15.0 Å². The molecule has 41 heavy (non-hydrogen) atoms. The first-order valence-electron chi connectivity index (χ1n) is 13.3. The smallest absolute Gasteiger partial charge is 0.278 e. The second kappa shape index (κ2) is 11.4. The van der Waals surface area contributed by atoms with E-state index >= 15 is 0 Å². The molecule has 0 bridgehead atoms. The summed E-state index contributed by atoms with van der Waals surface area (Å²) in [5.41, 5.74) is 2.31. The molecule has 10 heteroatoms. The fourth-order valence-electron chi connectivity index (χ4n) is 5.39. The van der Waals surface area contributed by atoms with E-state index in [0.29, 0.717) is 12.1 Å². The minimum atomic E-state index is -0.967. The third-order valence-electron chi connectivity index (χ3n) is 7.52. The van der Waals surface area contributed by atoms with E-state index in [1.54, 1.807) is 25.1 Å². The molecular weight excluding hydrogens is 540 g/mol. The molecule has 0 amide bonds. The maximum atomic E-state index is 12.2. The average molecular weight is 571 g/mol. The van der Waals surface area contributed by atoms with Gasteiger partial charge in [0, 0.05) is 11.7 Å². The minimum Gasteiger partial charge on any atom is -0.497 e. The minimum absolute atomic E-state index is 0.125.